The summed E-state index contributed by atoms with van der Waals surface area (Å²) in [5, 5.41) is 0. The summed E-state index contributed by atoms with van der Waals surface area (Å²) in [7, 11) is 0. The second kappa shape index (κ2) is 3.39. The highest BCUT2D eigenvalue weighted by molar-refractivity contribution is 7.81. The molecule has 0 aromatic heterocycles. The van der Waals surface area contributed by atoms with E-state index >= 15 is 0 Å². The minimum atomic E-state index is -0.0446. The molecule has 0 unspecified atom stereocenters. The fourth-order valence-electron chi connectivity index (χ4n) is 0.879. The molecule has 1 fully saturated rings. The van der Waals surface area contributed by atoms with Gasteiger partial charge in [0.1, 0.15) is 6.26 Å². The molecule has 4 heteroatoms. The summed E-state index contributed by atoms with van der Waals surface area (Å²) in [6.45, 7) is 0.265. The minimum Gasteiger partial charge on any atom is -0.436 e. The lowest BCUT2D eigenvalue weighted by Gasteiger charge is -1.91. The highest BCUT2D eigenvalue weighted by atomic mass is 32.1. The molecule has 0 radical (unpaired) electrons. The molecular weight excluding hydrogens is 164 g/mol. The normalized spacial score (nSPS) is 20.9. The smallest absolute Gasteiger partial charge is 0.297 e. The highest BCUT2D eigenvalue weighted by Gasteiger charge is 2.22. The van der Waals surface area contributed by atoms with Crippen LogP contribution in [0.15, 0.2) is 11.8 Å². The topological polar surface area (TPSA) is 43.4 Å². The summed E-state index contributed by atoms with van der Waals surface area (Å²) in [4.78, 5) is 21.3. The summed E-state index contributed by atoms with van der Waals surface area (Å²) in [6.07, 6.45) is 2.15. The van der Waals surface area contributed by atoms with Crippen molar-refractivity contribution in [3.05, 3.63) is 11.8 Å². The van der Waals surface area contributed by atoms with Gasteiger partial charge in [0.2, 0.25) is 0 Å². The molecule has 0 amide bonds. The van der Waals surface area contributed by atoms with E-state index in [4.69, 9.17) is 12.2 Å². The Labute approximate surface area is 69.0 Å². The lowest BCUT2D eigenvalue weighted by Crippen LogP contribution is -1.98. The van der Waals surface area contributed by atoms with Crippen LogP contribution in [0.1, 0.15) is 12.8 Å². The molecule has 0 spiro atoms. The van der Waals surface area contributed by atoms with Crippen LogP contribution >= 0.6 is 12.2 Å². The largest absolute Gasteiger partial charge is 0.436 e. The third kappa shape index (κ3) is 1.71. The number of ketones is 1. The van der Waals surface area contributed by atoms with E-state index in [1.165, 1.54) is 0 Å². The maximum Gasteiger partial charge on any atom is 0.297 e. The van der Waals surface area contributed by atoms with Gasteiger partial charge in [0.15, 0.2) is 5.78 Å². The van der Waals surface area contributed by atoms with Crippen LogP contribution < -0.4 is 0 Å². The first-order chi connectivity index (χ1) is 5.25. The van der Waals surface area contributed by atoms with Gasteiger partial charge >= 0.3 is 0 Å². The Kier molecular flexibility index (Phi) is 2.48. The molecule has 0 N–H and O–H groups in total. The number of carbonyl (C=O) groups excluding carboxylic acids is 2. The second-order valence-corrected chi connectivity index (χ2v) is 2.60. The Balaban J connectivity index is 2.75. The zero-order chi connectivity index (χ0) is 8.27. The van der Waals surface area contributed by atoms with Gasteiger partial charge in [0.05, 0.1) is 5.57 Å². The number of Topliss-reactive ketones (excluding diaryl/α,β-unsaturated/α-hetero) is 1. The summed E-state index contributed by atoms with van der Waals surface area (Å²) in [5.74, 6) is -0.0446. The van der Waals surface area contributed by atoms with E-state index < -0.39 is 0 Å². The monoisotopic (exact) mass is 170 g/mol. The fraction of sp³-hybridized carbons (Fsp3) is 0.286. The van der Waals surface area contributed by atoms with Crippen molar-refractivity contribution in [1.29, 1.82) is 0 Å². The molecule has 0 aromatic rings. The molecule has 0 heterocycles. The molecule has 1 aliphatic rings. The first kappa shape index (κ1) is 8.07. The van der Waals surface area contributed by atoms with Crippen LogP contribution in [0.3, 0.4) is 0 Å². The molecule has 11 heavy (non-hydrogen) atoms. The van der Waals surface area contributed by atoms with Crippen LogP contribution in [0.4, 0.5) is 0 Å². The van der Waals surface area contributed by atoms with Crippen LogP contribution in [0.5, 0.6) is 0 Å². The number of hydrogen-bond donors (Lipinski definition) is 0. The fourth-order valence-corrected chi connectivity index (χ4v) is 1.14. The molecule has 1 aliphatic carbocycles. The molecule has 58 valence electrons. The third-order valence-electron chi connectivity index (χ3n) is 1.42. The standard InChI is InChI=1S/C7H6O3S/c8-4-10-3-5-6(9)1-2-7(5)11/h3-4H,1-2H2/b5-3-. The summed E-state index contributed by atoms with van der Waals surface area (Å²) < 4.78 is 4.31. The predicted molar refractivity (Wildman–Crippen MR) is 42.1 cm³/mol. The van der Waals surface area contributed by atoms with E-state index in [-0.39, 0.29) is 12.3 Å². The van der Waals surface area contributed by atoms with Crippen molar-refractivity contribution in [2.45, 2.75) is 12.8 Å². The third-order valence-corrected chi connectivity index (χ3v) is 1.85. The van der Waals surface area contributed by atoms with Crippen molar-refractivity contribution in [3.63, 3.8) is 0 Å². The maximum atomic E-state index is 10.9. The van der Waals surface area contributed by atoms with Gasteiger partial charge in [0.25, 0.3) is 6.47 Å². The molecule has 0 aromatic carbocycles. The van der Waals surface area contributed by atoms with Gasteiger partial charge in [-0.25, -0.2) is 0 Å². The van der Waals surface area contributed by atoms with Gasteiger partial charge in [-0.05, 0) is 6.42 Å². The Morgan fingerprint density at radius 1 is 1.45 bits per heavy atom. The summed E-state index contributed by atoms with van der Waals surface area (Å²) in [5.41, 5.74) is 0.368. The Morgan fingerprint density at radius 3 is 2.64 bits per heavy atom. The van der Waals surface area contributed by atoms with Crippen LogP contribution in [-0.2, 0) is 14.3 Å². The molecule has 1 saturated carbocycles. The van der Waals surface area contributed by atoms with Crippen LogP contribution in [0, 0.1) is 0 Å². The lowest BCUT2D eigenvalue weighted by molar-refractivity contribution is -0.123. The van der Waals surface area contributed by atoms with Crippen molar-refractivity contribution < 1.29 is 14.3 Å². The summed E-state index contributed by atoms with van der Waals surface area (Å²) in [6, 6.07) is 0. The van der Waals surface area contributed by atoms with Crippen molar-refractivity contribution in [2.24, 2.45) is 0 Å². The lowest BCUT2D eigenvalue weighted by atomic mass is 10.2. The first-order valence-corrected chi connectivity index (χ1v) is 3.52. The number of hydrogen-bond acceptors (Lipinski definition) is 4. The van der Waals surface area contributed by atoms with E-state index in [0.717, 1.165) is 6.26 Å². The number of carbonyl (C=O) groups is 2. The predicted octanol–water partition coefficient (Wildman–Crippen LogP) is 0.776. The molecule has 3 nitrogen and oxygen atoms in total. The number of rotatable bonds is 2. The van der Waals surface area contributed by atoms with Gasteiger partial charge in [-0.3, -0.25) is 9.59 Å². The molecule has 0 atom stereocenters. The van der Waals surface area contributed by atoms with E-state index in [9.17, 15) is 9.59 Å². The van der Waals surface area contributed by atoms with Crippen molar-refractivity contribution in [2.75, 3.05) is 0 Å². The average molecular weight is 170 g/mol. The van der Waals surface area contributed by atoms with E-state index in [1.54, 1.807) is 0 Å². The van der Waals surface area contributed by atoms with Crippen molar-refractivity contribution >= 4 is 29.3 Å². The number of ether oxygens (including phenoxy) is 1. The zero-order valence-electron chi connectivity index (χ0n) is 5.70. The Morgan fingerprint density at radius 2 is 2.18 bits per heavy atom. The van der Waals surface area contributed by atoms with Gasteiger partial charge < -0.3 is 4.74 Å². The van der Waals surface area contributed by atoms with Crippen LogP contribution in [0.25, 0.3) is 0 Å². The van der Waals surface area contributed by atoms with Gasteiger partial charge in [-0.2, -0.15) is 0 Å². The number of allylic oxidation sites excluding steroid dienone is 1. The van der Waals surface area contributed by atoms with E-state index in [2.05, 4.69) is 4.74 Å². The van der Waals surface area contributed by atoms with Crippen molar-refractivity contribution in [3.8, 4) is 0 Å². The second-order valence-electron chi connectivity index (χ2n) is 2.11. The maximum absolute atomic E-state index is 10.9. The van der Waals surface area contributed by atoms with Crippen molar-refractivity contribution in [1.82, 2.24) is 0 Å². The van der Waals surface area contributed by atoms with E-state index in [1.807, 2.05) is 0 Å². The summed E-state index contributed by atoms with van der Waals surface area (Å²) >= 11 is 4.85. The molecule has 0 aliphatic heterocycles. The molecular formula is C7H6O3S. The molecule has 0 saturated heterocycles. The Bertz CT molecular complexity index is 224. The number of thiocarbonyl (C=S) groups is 1. The molecule has 1 rings (SSSR count). The Hall–Kier alpha value is -1.03. The van der Waals surface area contributed by atoms with Gasteiger partial charge in [-0.1, -0.05) is 12.2 Å². The molecule has 0 bridgehead atoms. The highest BCUT2D eigenvalue weighted by Crippen LogP contribution is 2.17. The zero-order valence-corrected chi connectivity index (χ0v) is 6.52. The van der Waals surface area contributed by atoms with Gasteiger partial charge in [0, 0.05) is 11.3 Å². The minimum absolute atomic E-state index is 0.0446. The first-order valence-electron chi connectivity index (χ1n) is 3.11. The van der Waals surface area contributed by atoms with Crippen LogP contribution in [0.2, 0.25) is 0 Å². The quantitative estimate of drug-likeness (QED) is 0.266. The SMILES string of the molecule is O=CO/C=C1/C(=O)CCC1=S. The van der Waals surface area contributed by atoms with E-state index in [0.29, 0.717) is 23.3 Å². The van der Waals surface area contributed by atoms with Crippen LogP contribution in [-0.4, -0.2) is 17.1 Å². The van der Waals surface area contributed by atoms with Gasteiger partial charge in [-0.15, -0.1) is 0 Å². The average Bonchev–Trinajstić information content (AvgIpc) is 2.29.